The van der Waals surface area contributed by atoms with Crippen LogP contribution >= 0.6 is 0 Å². The second-order valence-electron chi connectivity index (χ2n) is 16.0. The minimum atomic E-state index is -1.52. The highest BCUT2D eigenvalue weighted by Gasteiger charge is 2.25. The number of hydrogen-bond acceptors (Lipinski definition) is 7. The van der Waals surface area contributed by atoms with Crippen LogP contribution in [0.15, 0.2) is 48.6 Å². The molecule has 1 N–H and O–H groups in total. The summed E-state index contributed by atoms with van der Waals surface area (Å²) < 4.78 is 22.7. The third kappa shape index (κ3) is 39.5. The number of aliphatic carboxylic acids is 1. The summed E-state index contributed by atoms with van der Waals surface area (Å²) in [6, 6.07) is 0. The van der Waals surface area contributed by atoms with Gasteiger partial charge in [-0.25, -0.2) is 4.79 Å². The first-order chi connectivity index (χ1) is 27.1. The molecule has 0 aliphatic heterocycles. The third-order valence-corrected chi connectivity index (χ3v) is 9.31. The summed E-state index contributed by atoms with van der Waals surface area (Å²) in [5.74, 6) is -2.05. The highest BCUT2D eigenvalue weighted by atomic mass is 16.7. The molecule has 0 aromatic heterocycles. The monoisotopic (exact) mass is 791 g/mol. The normalized spacial score (nSPS) is 13.4. The zero-order chi connectivity index (χ0) is 41.4. The van der Waals surface area contributed by atoms with Gasteiger partial charge in [-0.1, -0.05) is 133 Å². The molecule has 9 heteroatoms. The summed E-state index contributed by atoms with van der Waals surface area (Å²) in [5, 5.41) is 9.63. The lowest BCUT2D eigenvalue weighted by Crippen LogP contribution is -2.40. The smallest absolute Gasteiger partial charge is 0.361 e. The molecule has 0 aromatic carbocycles. The van der Waals surface area contributed by atoms with Crippen LogP contribution in [0.25, 0.3) is 0 Å². The van der Waals surface area contributed by atoms with Crippen molar-refractivity contribution in [1.82, 2.24) is 0 Å². The number of carboxylic acid groups (broad SMARTS) is 1. The average Bonchev–Trinajstić information content (AvgIpc) is 3.15. The fourth-order valence-corrected chi connectivity index (χ4v) is 5.78. The fraction of sp³-hybridized carbons (Fsp3) is 0.766. The summed E-state index contributed by atoms with van der Waals surface area (Å²) in [4.78, 5) is 37.1. The van der Waals surface area contributed by atoms with Gasteiger partial charge in [-0.05, 0) is 77.0 Å². The number of quaternary nitrogens is 1. The van der Waals surface area contributed by atoms with Crippen molar-refractivity contribution in [3.63, 3.8) is 0 Å². The van der Waals surface area contributed by atoms with Gasteiger partial charge in [0.1, 0.15) is 13.2 Å². The van der Waals surface area contributed by atoms with Gasteiger partial charge in [0.2, 0.25) is 0 Å². The summed E-state index contributed by atoms with van der Waals surface area (Å²) in [5.41, 5.74) is 0. The maximum absolute atomic E-state index is 12.7. The molecule has 0 radical (unpaired) electrons. The molecule has 0 aliphatic carbocycles. The lowest BCUT2D eigenvalue weighted by Gasteiger charge is -2.25. The van der Waals surface area contributed by atoms with Gasteiger partial charge in [0.25, 0.3) is 6.29 Å². The van der Waals surface area contributed by atoms with E-state index in [1.54, 1.807) is 0 Å². The quantitative estimate of drug-likeness (QED) is 0.0215. The van der Waals surface area contributed by atoms with E-state index in [1.807, 2.05) is 21.1 Å². The number of hydrogen-bond donors (Lipinski definition) is 1. The molecule has 0 aliphatic rings. The first-order valence-electron chi connectivity index (χ1n) is 22.3. The number of esters is 2. The maximum Gasteiger partial charge on any atom is 0.361 e. The second kappa shape index (κ2) is 39.1. The standard InChI is InChI=1S/C47H83NO8/c1-6-8-10-12-14-16-18-20-22-24-26-28-30-32-34-36-38-45(50)56-43(42-55-47(46(51)52)53-40-39-48(3,4)5)41-54-44(49)37-35-33-31-29-27-25-23-21-19-17-15-13-11-9-7-2/h15-18,21-24,43,47H,6-14,19-20,25-42H2,1-5H3/p+1/b17-15-,18-16-,23-21-,24-22-. The number of nitrogens with zero attached hydrogens (tertiary/aromatic N) is 1. The zero-order valence-electron chi connectivity index (χ0n) is 36.5. The van der Waals surface area contributed by atoms with Crippen molar-refractivity contribution in [3.05, 3.63) is 48.6 Å². The van der Waals surface area contributed by atoms with Gasteiger partial charge in [0.05, 0.1) is 34.4 Å². The van der Waals surface area contributed by atoms with E-state index in [4.69, 9.17) is 18.9 Å². The minimum absolute atomic E-state index is 0.181. The molecule has 2 atom stereocenters. The summed E-state index contributed by atoms with van der Waals surface area (Å²) in [6.07, 6.45) is 41.6. The number of carbonyl (C=O) groups is 3. The molecular weight excluding hydrogens is 707 g/mol. The van der Waals surface area contributed by atoms with E-state index < -0.39 is 24.3 Å². The van der Waals surface area contributed by atoms with E-state index in [1.165, 1.54) is 57.8 Å². The number of rotatable bonds is 40. The van der Waals surface area contributed by atoms with E-state index in [-0.39, 0.29) is 38.6 Å². The Morgan fingerprint density at radius 2 is 0.964 bits per heavy atom. The van der Waals surface area contributed by atoms with E-state index >= 15 is 0 Å². The molecule has 0 saturated carbocycles. The van der Waals surface area contributed by atoms with Gasteiger partial charge in [0, 0.05) is 12.8 Å². The largest absolute Gasteiger partial charge is 0.477 e. The molecule has 0 heterocycles. The fourth-order valence-electron chi connectivity index (χ4n) is 5.78. The summed E-state index contributed by atoms with van der Waals surface area (Å²) in [7, 11) is 5.94. The van der Waals surface area contributed by atoms with Gasteiger partial charge in [-0.15, -0.1) is 0 Å². The van der Waals surface area contributed by atoms with Crippen LogP contribution in [0.3, 0.4) is 0 Å². The maximum atomic E-state index is 12.7. The van der Waals surface area contributed by atoms with Crippen LogP contribution in [0.4, 0.5) is 0 Å². The molecule has 56 heavy (non-hydrogen) atoms. The van der Waals surface area contributed by atoms with E-state index in [0.717, 1.165) is 83.5 Å². The SMILES string of the molecule is CCCCC/C=C\C/C=C\CCCCCCCC(=O)OCC(COC(OCC[N+](C)(C)C)C(=O)O)OC(=O)CCCCCCC/C=C\C/C=C\CCCCCC. The van der Waals surface area contributed by atoms with Crippen molar-refractivity contribution in [2.24, 2.45) is 0 Å². The van der Waals surface area contributed by atoms with Crippen LogP contribution in [0, 0.1) is 0 Å². The average molecular weight is 791 g/mol. The molecule has 0 bridgehead atoms. The molecule has 324 valence electrons. The lowest BCUT2D eigenvalue weighted by atomic mass is 10.1. The van der Waals surface area contributed by atoms with Crippen LogP contribution < -0.4 is 0 Å². The van der Waals surface area contributed by atoms with Crippen molar-refractivity contribution in [3.8, 4) is 0 Å². The van der Waals surface area contributed by atoms with Crippen molar-refractivity contribution in [2.45, 2.75) is 187 Å². The molecule has 9 nitrogen and oxygen atoms in total. The van der Waals surface area contributed by atoms with Crippen molar-refractivity contribution >= 4 is 17.9 Å². The predicted octanol–water partition coefficient (Wildman–Crippen LogP) is 11.6. The van der Waals surface area contributed by atoms with Gasteiger partial charge in [-0.2, -0.15) is 0 Å². The van der Waals surface area contributed by atoms with Gasteiger partial charge in [0.15, 0.2) is 6.10 Å². The van der Waals surface area contributed by atoms with Crippen LogP contribution in [0.1, 0.15) is 174 Å². The Morgan fingerprint density at radius 1 is 0.536 bits per heavy atom. The Labute approximate surface area is 342 Å². The lowest BCUT2D eigenvalue weighted by molar-refractivity contribution is -0.870. The number of unbranched alkanes of at least 4 members (excludes halogenated alkanes) is 17. The molecule has 0 fully saturated rings. The molecule has 0 spiro atoms. The Bertz CT molecular complexity index is 1060. The molecule has 0 amide bonds. The van der Waals surface area contributed by atoms with Crippen molar-refractivity contribution < 1.29 is 42.9 Å². The van der Waals surface area contributed by atoms with Crippen LogP contribution in [0.2, 0.25) is 0 Å². The molecular formula is C47H84NO8+. The Kier molecular flexibility index (Phi) is 37.2. The Balaban J connectivity index is 4.51. The molecule has 0 aromatic rings. The Morgan fingerprint density at radius 3 is 1.45 bits per heavy atom. The number of ether oxygens (including phenoxy) is 4. The van der Waals surface area contributed by atoms with Crippen LogP contribution in [0.5, 0.6) is 0 Å². The first-order valence-corrected chi connectivity index (χ1v) is 22.3. The number of allylic oxidation sites excluding steroid dienone is 8. The van der Waals surface area contributed by atoms with Crippen LogP contribution in [-0.4, -0.2) is 87.4 Å². The Hall–Kier alpha value is -2.75. The van der Waals surface area contributed by atoms with E-state index in [2.05, 4.69) is 62.5 Å². The predicted molar refractivity (Wildman–Crippen MR) is 230 cm³/mol. The van der Waals surface area contributed by atoms with E-state index in [9.17, 15) is 19.5 Å². The van der Waals surface area contributed by atoms with Crippen molar-refractivity contribution in [1.29, 1.82) is 0 Å². The number of carboxylic acids is 1. The summed E-state index contributed by atoms with van der Waals surface area (Å²) >= 11 is 0. The van der Waals surface area contributed by atoms with Gasteiger partial charge >= 0.3 is 17.9 Å². The highest BCUT2D eigenvalue weighted by Crippen LogP contribution is 2.12. The molecule has 0 saturated heterocycles. The van der Waals surface area contributed by atoms with Crippen LogP contribution in [-0.2, 0) is 33.3 Å². The first kappa shape index (κ1) is 53.2. The third-order valence-electron chi connectivity index (χ3n) is 9.31. The van der Waals surface area contributed by atoms with Gasteiger partial charge in [-0.3, -0.25) is 9.59 Å². The molecule has 2 unspecified atom stereocenters. The topological polar surface area (TPSA) is 108 Å². The van der Waals surface area contributed by atoms with Crippen molar-refractivity contribution in [2.75, 3.05) is 47.5 Å². The highest BCUT2D eigenvalue weighted by molar-refractivity contribution is 5.71. The number of carbonyl (C=O) groups excluding carboxylic acids is 2. The molecule has 0 rings (SSSR count). The zero-order valence-corrected chi connectivity index (χ0v) is 36.5. The minimum Gasteiger partial charge on any atom is -0.477 e. The summed E-state index contributed by atoms with van der Waals surface area (Å²) in [6.45, 7) is 4.78. The van der Waals surface area contributed by atoms with Gasteiger partial charge < -0.3 is 28.5 Å². The van der Waals surface area contributed by atoms with E-state index in [0.29, 0.717) is 17.4 Å². The second-order valence-corrected chi connectivity index (χ2v) is 16.0. The number of likely N-dealkylation sites (N-methyl/N-ethyl adjacent to an activating group) is 1.